The fraction of sp³-hybridized carbons (Fsp3) is 0.550. The van der Waals surface area contributed by atoms with Crippen molar-refractivity contribution in [3.8, 4) is 0 Å². The van der Waals surface area contributed by atoms with Crippen LogP contribution in [0.1, 0.15) is 44.7 Å². The maximum absolute atomic E-state index is 4.21. The Kier molecular flexibility index (Phi) is 5.66. The number of imidazole rings is 1. The van der Waals surface area contributed by atoms with Crippen LogP contribution in [0, 0.1) is 0 Å². The van der Waals surface area contributed by atoms with E-state index in [1.807, 2.05) is 12.5 Å². The molecule has 0 saturated carbocycles. The van der Waals surface area contributed by atoms with E-state index in [0.717, 1.165) is 13.0 Å². The first kappa shape index (κ1) is 17.9. The van der Waals surface area contributed by atoms with Crippen LogP contribution in [-0.4, -0.2) is 25.1 Å². The molecule has 4 heteroatoms. The van der Waals surface area contributed by atoms with E-state index in [2.05, 4.69) is 84.3 Å². The van der Waals surface area contributed by atoms with Gasteiger partial charge in [-0.25, -0.2) is 4.98 Å². The van der Waals surface area contributed by atoms with E-state index >= 15 is 0 Å². The van der Waals surface area contributed by atoms with Gasteiger partial charge in [-0.1, -0.05) is 45.0 Å². The van der Waals surface area contributed by atoms with Crippen LogP contribution >= 0.6 is 23.5 Å². The van der Waals surface area contributed by atoms with Gasteiger partial charge < -0.3 is 4.57 Å². The topological polar surface area (TPSA) is 17.8 Å². The lowest BCUT2D eigenvalue weighted by Crippen LogP contribution is -2.31. The maximum Gasteiger partial charge on any atom is 0.0946 e. The van der Waals surface area contributed by atoms with Crippen molar-refractivity contribution in [3.63, 3.8) is 0 Å². The van der Waals surface area contributed by atoms with Crippen LogP contribution in [0.15, 0.2) is 43.0 Å². The second kappa shape index (κ2) is 7.57. The van der Waals surface area contributed by atoms with Crippen molar-refractivity contribution in [2.75, 3.05) is 11.5 Å². The zero-order chi connectivity index (χ0) is 17.0. The van der Waals surface area contributed by atoms with E-state index in [1.54, 1.807) is 0 Å². The van der Waals surface area contributed by atoms with Crippen LogP contribution in [0.3, 0.4) is 0 Å². The minimum absolute atomic E-state index is 0.232. The van der Waals surface area contributed by atoms with Gasteiger partial charge in [-0.3, -0.25) is 0 Å². The number of hydrogen-bond donors (Lipinski definition) is 0. The lowest BCUT2D eigenvalue weighted by molar-refractivity contribution is 0.582. The summed E-state index contributed by atoms with van der Waals surface area (Å²) < 4.78 is 2.54. The predicted octanol–water partition coefficient (Wildman–Crippen LogP) is 5.38. The second-order valence-corrected chi connectivity index (χ2v) is 10.9. The maximum atomic E-state index is 4.21. The van der Waals surface area contributed by atoms with E-state index < -0.39 is 0 Å². The Labute approximate surface area is 154 Å². The summed E-state index contributed by atoms with van der Waals surface area (Å²) in [5.74, 6) is 2.56. The summed E-state index contributed by atoms with van der Waals surface area (Å²) in [6, 6.07) is 9.26. The molecule has 0 N–H and O–H groups in total. The van der Waals surface area contributed by atoms with Crippen LogP contribution in [0.2, 0.25) is 0 Å². The van der Waals surface area contributed by atoms with Gasteiger partial charge in [0.15, 0.2) is 0 Å². The van der Waals surface area contributed by atoms with E-state index in [9.17, 15) is 0 Å². The van der Waals surface area contributed by atoms with Crippen LogP contribution in [-0.2, 0) is 18.4 Å². The second-order valence-electron chi connectivity index (χ2n) is 7.64. The highest BCUT2D eigenvalue weighted by atomic mass is 32.2. The number of hydrogen-bond acceptors (Lipinski definition) is 3. The van der Waals surface area contributed by atoms with Crippen molar-refractivity contribution in [2.45, 2.75) is 56.1 Å². The van der Waals surface area contributed by atoms with Crippen molar-refractivity contribution >= 4 is 23.5 Å². The molecule has 24 heavy (non-hydrogen) atoms. The molecule has 0 spiro atoms. The normalized spacial score (nSPS) is 17.8. The first-order chi connectivity index (χ1) is 11.5. The zero-order valence-corrected chi connectivity index (χ0v) is 16.6. The molecular weight excluding hydrogens is 332 g/mol. The summed E-state index contributed by atoms with van der Waals surface area (Å²) in [5.41, 5.74) is 3.11. The summed E-state index contributed by atoms with van der Waals surface area (Å²) in [6.07, 6.45) is 9.64. The predicted molar refractivity (Wildman–Crippen MR) is 108 cm³/mol. The Balaban J connectivity index is 1.67. The average molecular weight is 361 g/mol. The van der Waals surface area contributed by atoms with Crippen molar-refractivity contribution in [1.29, 1.82) is 0 Å². The molecule has 0 aliphatic carbocycles. The third kappa shape index (κ3) is 4.60. The van der Waals surface area contributed by atoms with E-state index in [1.165, 1.54) is 35.5 Å². The van der Waals surface area contributed by atoms with Gasteiger partial charge in [0.25, 0.3) is 0 Å². The molecule has 2 nitrogen and oxygen atoms in total. The molecule has 130 valence electrons. The van der Waals surface area contributed by atoms with Crippen molar-refractivity contribution in [3.05, 3.63) is 54.1 Å². The first-order valence-corrected chi connectivity index (χ1v) is 10.8. The number of rotatable bonds is 5. The molecule has 0 radical (unpaired) electrons. The lowest BCUT2D eigenvalue weighted by atomic mass is 9.86. The Morgan fingerprint density at radius 2 is 1.83 bits per heavy atom. The van der Waals surface area contributed by atoms with Crippen LogP contribution in [0.25, 0.3) is 0 Å². The van der Waals surface area contributed by atoms with Gasteiger partial charge >= 0.3 is 0 Å². The van der Waals surface area contributed by atoms with E-state index in [-0.39, 0.29) is 5.41 Å². The molecule has 1 fully saturated rings. The molecule has 1 saturated heterocycles. The summed E-state index contributed by atoms with van der Waals surface area (Å²) in [4.78, 5) is 4.21. The smallest absolute Gasteiger partial charge is 0.0946 e. The van der Waals surface area contributed by atoms with Crippen LogP contribution in [0.5, 0.6) is 0 Å². The number of nitrogens with zero attached hydrogens (tertiary/aromatic N) is 2. The van der Waals surface area contributed by atoms with Crippen molar-refractivity contribution in [1.82, 2.24) is 9.55 Å². The highest BCUT2D eigenvalue weighted by Crippen LogP contribution is 2.46. The molecule has 2 aromatic rings. The van der Waals surface area contributed by atoms with Gasteiger partial charge in [0, 0.05) is 18.9 Å². The van der Waals surface area contributed by atoms with E-state index in [0.29, 0.717) is 4.08 Å². The number of benzene rings is 1. The molecule has 0 atom stereocenters. The summed E-state index contributed by atoms with van der Waals surface area (Å²) in [7, 11) is 0. The molecule has 0 bridgehead atoms. The Morgan fingerprint density at radius 1 is 1.12 bits per heavy atom. The zero-order valence-electron chi connectivity index (χ0n) is 15.0. The average Bonchev–Trinajstić information content (AvgIpc) is 3.06. The number of aryl methyl sites for hydroxylation is 1. The SMILES string of the molecule is CC(C)(C)c1ccc(CCC2(Cn3ccnc3)SCCCS2)cc1. The van der Waals surface area contributed by atoms with Gasteiger partial charge in [0.2, 0.25) is 0 Å². The molecule has 1 aromatic heterocycles. The molecule has 0 unspecified atom stereocenters. The molecule has 1 aromatic carbocycles. The number of thioether (sulfide) groups is 2. The fourth-order valence-electron chi connectivity index (χ4n) is 3.10. The molecule has 0 amide bonds. The third-order valence-corrected chi connectivity index (χ3v) is 8.03. The number of aromatic nitrogens is 2. The minimum Gasteiger partial charge on any atom is -0.335 e. The third-order valence-electron chi connectivity index (χ3n) is 4.62. The fourth-order valence-corrected chi connectivity index (χ4v) is 6.41. The Bertz CT molecular complexity index is 621. The largest absolute Gasteiger partial charge is 0.335 e. The van der Waals surface area contributed by atoms with E-state index in [4.69, 9.17) is 0 Å². The Morgan fingerprint density at radius 3 is 2.42 bits per heavy atom. The monoisotopic (exact) mass is 360 g/mol. The summed E-state index contributed by atoms with van der Waals surface area (Å²) in [6.45, 7) is 7.88. The Hall–Kier alpha value is -0.870. The summed E-state index contributed by atoms with van der Waals surface area (Å²) in [5, 5.41) is 0. The standard InChI is InChI=1S/C20H28N2S2/c1-19(2,3)18-7-5-17(6-8-18)9-10-20(23-13-4-14-24-20)15-22-12-11-21-16-22/h5-8,11-12,16H,4,9-10,13-15H2,1-3H3. The lowest BCUT2D eigenvalue weighted by Gasteiger charge is -2.36. The molecule has 1 aliphatic heterocycles. The molecular formula is C20H28N2S2. The van der Waals surface area contributed by atoms with Crippen LogP contribution < -0.4 is 0 Å². The van der Waals surface area contributed by atoms with Gasteiger partial charge in [0.05, 0.1) is 10.4 Å². The quantitative estimate of drug-likeness (QED) is 0.713. The van der Waals surface area contributed by atoms with Gasteiger partial charge in [-0.2, -0.15) is 0 Å². The summed E-state index contributed by atoms with van der Waals surface area (Å²) >= 11 is 4.30. The molecule has 3 rings (SSSR count). The molecule has 2 heterocycles. The van der Waals surface area contributed by atoms with Crippen molar-refractivity contribution in [2.24, 2.45) is 0 Å². The van der Waals surface area contributed by atoms with Gasteiger partial charge in [0.1, 0.15) is 0 Å². The molecule has 1 aliphatic rings. The minimum atomic E-state index is 0.232. The van der Waals surface area contributed by atoms with Gasteiger partial charge in [-0.05, 0) is 47.3 Å². The first-order valence-electron chi connectivity index (χ1n) is 8.80. The van der Waals surface area contributed by atoms with Crippen LogP contribution in [0.4, 0.5) is 0 Å². The highest BCUT2D eigenvalue weighted by Gasteiger charge is 2.33. The highest BCUT2D eigenvalue weighted by molar-refractivity contribution is 8.18. The van der Waals surface area contributed by atoms with Crippen molar-refractivity contribution < 1.29 is 0 Å². The van der Waals surface area contributed by atoms with Gasteiger partial charge in [-0.15, -0.1) is 23.5 Å².